The van der Waals surface area contributed by atoms with E-state index in [1.165, 1.54) is 0 Å². The lowest BCUT2D eigenvalue weighted by molar-refractivity contribution is -0.138. The maximum atomic E-state index is 11.5. The van der Waals surface area contributed by atoms with Crippen LogP contribution in [0.25, 0.3) is 0 Å². The highest BCUT2D eigenvalue weighted by Crippen LogP contribution is 2.15. The Morgan fingerprint density at radius 1 is 1.22 bits per heavy atom. The standard InChI is InChI=1S/C13H25NO3S/c1-9(2)5-11(6-13(16)17)7-14-12(15)8-18-10(3)4/h9-11H,5-8H2,1-4H3,(H,14,15)(H,16,17). The molecule has 4 nitrogen and oxygen atoms in total. The fourth-order valence-electron chi connectivity index (χ4n) is 1.70. The number of aliphatic carboxylic acids is 1. The molecule has 0 heterocycles. The van der Waals surface area contributed by atoms with Gasteiger partial charge >= 0.3 is 5.97 Å². The van der Waals surface area contributed by atoms with Crippen molar-refractivity contribution in [2.24, 2.45) is 11.8 Å². The van der Waals surface area contributed by atoms with Gasteiger partial charge < -0.3 is 10.4 Å². The predicted molar refractivity (Wildman–Crippen MR) is 75.8 cm³/mol. The smallest absolute Gasteiger partial charge is 0.303 e. The van der Waals surface area contributed by atoms with Gasteiger partial charge in [-0.1, -0.05) is 27.7 Å². The first-order valence-corrected chi connectivity index (χ1v) is 7.46. The van der Waals surface area contributed by atoms with E-state index in [1.54, 1.807) is 11.8 Å². The number of hydrogen-bond acceptors (Lipinski definition) is 3. The molecule has 0 spiro atoms. The van der Waals surface area contributed by atoms with E-state index in [2.05, 4.69) is 19.2 Å². The molecule has 2 N–H and O–H groups in total. The summed E-state index contributed by atoms with van der Waals surface area (Å²) in [6.45, 7) is 8.67. The molecule has 5 heteroatoms. The van der Waals surface area contributed by atoms with Crippen molar-refractivity contribution in [3.8, 4) is 0 Å². The first-order valence-electron chi connectivity index (χ1n) is 6.41. The van der Waals surface area contributed by atoms with Crippen LogP contribution in [-0.2, 0) is 9.59 Å². The van der Waals surface area contributed by atoms with Crippen molar-refractivity contribution >= 4 is 23.6 Å². The number of carboxylic acid groups (broad SMARTS) is 1. The Hall–Kier alpha value is -0.710. The molecule has 1 atom stereocenters. The van der Waals surface area contributed by atoms with Crippen LogP contribution in [0.1, 0.15) is 40.5 Å². The molecule has 0 saturated heterocycles. The van der Waals surface area contributed by atoms with Crippen molar-refractivity contribution in [1.82, 2.24) is 5.32 Å². The summed E-state index contributed by atoms with van der Waals surface area (Å²) < 4.78 is 0. The number of amides is 1. The number of carbonyl (C=O) groups excluding carboxylic acids is 1. The molecule has 0 aromatic carbocycles. The summed E-state index contributed by atoms with van der Waals surface area (Å²) in [6.07, 6.45) is 0.944. The SMILES string of the molecule is CC(C)CC(CNC(=O)CSC(C)C)CC(=O)O. The lowest BCUT2D eigenvalue weighted by Gasteiger charge is -2.17. The normalized spacial score (nSPS) is 12.8. The molecule has 0 aliphatic carbocycles. The summed E-state index contributed by atoms with van der Waals surface area (Å²) in [4.78, 5) is 22.3. The van der Waals surface area contributed by atoms with Crippen LogP contribution < -0.4 is 5.32 Å². The van der Waals surface area contributed by atoms with E-state index in [1.807, 2.05) is 13.8 Å². The van der Waals surface area contributed by atoms with Crippen LogP contribution in [0.3, 0.4) is 0 Å². The second-order valence-corrected chi connectivity index (χ2v) is 6.82. The third-order valence-electron chi connectivity index (χ3n) is 2.40. The number of carbonyl (C=O) groups is 2. The summed E-state index contributed by atoms with van der Waals surface area (Å²) in [5.74, 6) is 0.102. The number of nitrogens with one attached hydrogen (secondary N) is 1. The van der Waals surface area contributed by atoms with E-state index in [0.29, 0.717) is 23.5 Å². The summed E-state index contributed by atoms with van der Waals surface area (Å²) in [5, 5.41) is 12.1. The average Bonchev–Trinajstić information content (AvgIpc) is 2.21. The van der Waals surface area contributed by atoms with Crippen LogP contribution in [0.4, 0.5) is 0 Å². The number of thioether (sulfide) groups is 1. The quantitative estimate of drug-likeness (QED) is 0.678. The van der Waals surface area contributed by atoms with Gasteiger partial charge in [0, 0.05) is 13.0 Å². The van der Waals surface area contributed by atoms with Gasteiger partial charge in [0.25, 0.3) is 0 Å². The van der Waals surface area contributed by atoms with E-state index < -0.39 is 5.97 Å². The Kier molecular flexibility index (Phi) is 8.89. The van der Waals surface area contributed by atoms with E-state index >= 15 is 0 Å². The van der Waals surface area contributed by atoms with Crippen LogP contribution in [0, 0.1) is 11.8 Å². The zero-order valence-electron chi connectivity index (χ0n) is 11.7. The minimum atomic E-state index is -0.800. The Morgan fingerprint density at radius 2 is 1.83 bits per heavy atom. The molecule has 18 heavy (non-hydrogen) atoms. The van der Waals surface area contributed by atoms with Gasteiger partial charge in [0.1, 0.15) is 0 Å². The van der Waals surface area contributed by atoms with Gasteiger partial charge in [-0.3, -0.25) is 9.59 Å². The Balaban J connectivity index is 4.00. The summed E-state index contributed by atoms with van der Waals surface area (Å²) in [6, 6.07) is 0. The maximum absolute atomic E-state index is 11.5. The van der Waals surface area contributed by atoms with Crippen LogP contribution in [0.5, 0.6) is 0 Å². The molecule has 0 bridgehead atoms. The Morgan fingerprint density at radius 3 is 2.28 bits per heavy atom. The van der Waals surface area contributed by atoms with Crippen LogP contribution in [0.2, 0.25) is 0 Å². The maximum Gasteiger partial charge on any atom is 0.303 e. The van der Waals surface area contributed by atoms with E-state index in [9.17, 15) is 9.59 Å². The molecule has 0 aromatic rings. The van der Waals surface area contributed by atoms with Crippen molar-refractivity contribution in [3.63, 3.8) is 0 Å². The number of carboxylic acids is 1. The average molecular weight is 275 g/mol. The van der Waals surface area contributed by atoms with Crippen molar-refractivity contribution < 1.29 is 14.7 Å². The first kappa shape index (κ1) is 17.3. The van der Waals surface area contributed by atoms with Gasteiger partial charge in [-0.25, -0.2) is 0 Å². The molecule has 0 radical (unpaired) electrons. The highest BCUT2D eigenvalue weighted by atomic mass is 32.2. The van der Waals surface area contributed by atoms with Crippen LogP contribution >= 0.6 is 11.8 Å². The third kappa shape index (κ3) is 10.4. The topological polar surface area (TPSA) is 66.4 Å². The summed E-state index contributed by atoms with van der Waals surface area (Å²) in [7, 11) is 0. The van der Waals surface area contributed by atoms with Gasteiger partial charge in [-0.05, 0) is 23.5 Å². The molecule has 0 aliphatic heterocycles. The predicted octanol–water partition coefficient (Wildman–Crippen LogP) is 2.38. The highest BCUT2D eigenvalue weighted by molar-refractivity contribution is 8.00. The van der Waals surface area contributed by atoms with E-state index in [-0.39, 0.29) is 18.2 Å². The van der Waals surface area contributed by atoms with Crippen molar-refractivity contribution in [3.05, 3.63) is 0 Å². The Labute approximate surface area is 114 Å². The van der Waals surface area contributed by atoms with Gasteiger partial charge in [0.05, 0.1) is 5.75 Å². The molecule has 1 unspecified atom stereocenters. The van der Waals surface area contributed by atoms with Gasteiger partial charge in [0.15, 0.2) is 0 Å². The minimum Gasteiger partial charge on any atom is -0.481 e. The van der Waals surface area contributed by atoms with Gasteiger partial charge in [-0.2, -0.15) is 0 Å². The van der Waals surface area contributed by atoms with Crippen molar-refractivity contribution in [2.75, 3.05) is 12.3 Å². The second kappa shape index (κ2) is 9.25. The fraction of sp³-hybridized carbons (Fsp3) is 0.846. The van der Waals surface area contributed by atoms with Crippen LogP contribution in [0.15, 0.2) is 0 Å². The molecule has 106 valence electrons. The lowest BCUT2D eigenvalue weighted by atomic mass is 9.94. The molecular weight excluding hydrogens is 250 g/mol. The zero-order valence-corrected chi connectivity index (χ0v) is 12.5. The summed E-state index contributed by atoms with van der Waals surface area (Å²) >= 11 is 1.59. The van der Waals surface area contributed by atoms with Gasteiger partial charge in [-0.15, -0.1) is 11.8 Å². The molecule has 0 rings (SSSR count). The monoisotopic (exact) mass is 275 g/mol. The second-order valence-electron chi connectivity index (χ2n) is 5.26. The van der Waals surface area contributed by atoms with Crippen molar-refractivity contribution in [2.45, 2.75) is 45.8 Å². The van der Waals surface area contributed by atoms with Crippen LogP contribution in [-0.4, -0.2) is 34.5 Å². The lowest BCUT2D eigenvalue weighted by Crippen LogP contribution is -2.32. The van der Waals surface area contributed by atoms with E-state index in [0.717, 1.165) is 6.42 Å². The van der Waals surface area contributed by atoms with Crippen molar-refractivity contribution in [1.29, 1.82) is 0 Å². The highest BCUT2D eigenvalue weighted by Gasteiger charge is 2.16. The third-order valence-corrected chi connectivity index (χ3v) is 3.50. The molecular formula is C13H25NO3S. The summed E-state index contributed by atoms with van der Waals surface area (Å²) in [5.41, 5.74) is 0. The number of rotatable bonds is 9. The number of hydrogen-bond donors (Lipinski definition) is 2. The molecule has 0 aliphatic rings. The molecule has 0 fully saturated rings. The first-order chi connectivity index (χ1) is 8.31. The largest absolute Gasteiger partial charge is 0.481 e. The minimum absolute atomic E-state index is 0.00663. The fourth-order valence-corrected chi connectivity index (χ4v) is 2.29. The molecule has 1 amide bonds. The van der Waals surface area contributed by atoms with Gasteiger partial charge in [0.2, 0.25) is 5.91 Å². The molecule has 0 saturated carbocycles. The zero-order chi connectivity index (χ0) is 14.1. The molecule has 0 aromatic heterocycles. The van der Waals surface area contributed by atoms with E-state index in [4.69, 9.17) is 5.11 Å². The Bertz CT molecular complexity index is 267.